The fourth-order valence-electron chi connectivity index (χ4n) is 9.50. The largest absolute Gasteiger partial charge is 0.485 e. The monoisotopic (exact) mass is 850 g/mol. The van der Waals surface area contributed by atoms with Crippen LogP contribution in [0.1, 0.15) is 54.8 Å². The number of anilines is 3. The summed E-state index contributed by atoms with van der Waals surface area (Å²) in [7, 11) is 0. The van der Waals surface area contributed by atoms with Gasteiger partial charge in [0.1, 0.15) is 24.9 Å². The number of aliphatic carboxylic acids is 1. The number of rotatable bonds is 7. The van der Waals surface area contributed by atoms with E-state index in [1.54, 1.807) is 28.7 Å². The Balaban J connectivity index is 1.00. The Labute approximate surface area is 365 Å². The van der Waals surface area contributed by atoms with E-state index in [2.05, 4.69) is 148 Å². The average molecular weight is 851 g/mol. The Bertz CT molecular complexity index is 3070. The van der Waals surface area contributed by atoms with E-state index >= 15 is 0 Å². The second kappa shape index (κ2) is 13.8. The number of thiophene rings is 3. The zero-order chi connectivity index (χ0) is 41.8. The van der Waals surface area contributed by atoms with Gasteiger partial charge in [-0.05, 0) is 105 Å². The molecule has 298 valence electrons. The van der Waals surface area contributed by atoms with Crippen molar-refractivity contribution in [1.82, 2.24) is 0 Å². The smallest absolute Gasteiger partial charge is 0.346 e. The summed E-state index contributed by atoms with van der Waals surface area (Å²) in [6.07, 6.45) is 1.43. The van der Waals surface area contributed by atoms with E-state index in [-0.39, 0.29) is 16.4 Å². The van der Waals surface area contributed by atoms with Crippen molar-refractivity contribution >= 4 is 72.5 Å². The van der Waals surface area contributed by atoms with Gasteiger partial charge < -0.3 is 19.5 Å². The van der Waals surface area contributed by atoms with E-state index in [1.807, 2.05) is 6.07 Å². The molecule has 8 aromatic rings. The van der Waals surface area contributed by atoms with Crippen LogP contribution in [0.2, 0.25) is 0 Å². The summed E-state index contributed by atoms with van der Waals surface area (Å²) in [6.45, 7) is 10.3. The molecule has 0 fully saturated rings. The first-order valence-corrected chi connectivity index (χ1v) is 22.7. The predicted octanol–water partition coefficient (Wildman–Crippen LogP) is 14.2. The lowest BCUT2D eigenvalue weighted by Gasteiger charge is -2.30. The fraction of sp³-hybridized carbons (Fsp3) is 0.154. The highest BCUT2D eigenvalue weighted by Gasteiger charge is 2.38. The number of benzene rings is 5. The number of carboxylic acid groups (broad SMARTS) is 1. The predicted molar refractivity (Wildman–Crippen MR) is 250 cm³/mol. The molecule has 0 atom stereocenters. The van der Waals surface area contributed by atoms with Crippen molar-refractivity contribution in [3.63, 3.8) is 0 Å². The van der Waals surface area contributed by atoms with Crippen molar-refractivity contribution < 1.29 is 19.4 Å². The van der Waals surface area contributed by atoms with Crippen molar-refractivity contribution in [2.75, 3.05) is 18.1 Å². The molecule has 3 aliphatic rings. The maximum Gasteiger partial charge on any atom is 0.346 e. The maximum atomic E-state index is 11.4. The summed E-state index contributed by atoms with van der Waals surface area (Å²) in [5, 5.41) is 18.6. The van der Waals surface area contributed by atoms with Crippen molar-refractivity contribution in [1.29, 1.82) is 5.26 Å². The topological polar surface area (TPSA) is 82.8 Å². The first-order valence-electron chi connectivity index (χ1n) is 20.2. The number of fused-ring (bicyclic) bond motifs is 8. The van der Waals surface area contributed by atoms with E-state index in [4.69, 9.17) is 9.47 Å². The molecule has 5 aromatic carbocycles. The molecule has 0 unspecified atom stereocenters. The molecule has 0 spiro atoms. The van der Waals surface area contributed by atoms with Crippen LogP contribution in [0, 0.1) is 11.3 Å². The van der Waals surface area contributed by atoms with Crippen LogP contribution in [-0.2, 0) is 15.6 Å². The summed E-state index contributed by atoms with van der Waals surface area (Å²) in [5.74, 6) is 0.289. The zero-order valence-corrected chi connectivity index (χ0v) is 36.3. The molecule has 0 radical (unpaired) electrons. The second-order valence-electron chi connectivity index (χ2n) is 16.8. The summed E-state index contributed by atoms with van der Waals surface area (Å²) in [5.41, 5.74) is 14.3. The van der Waals surface area contributed by atoms with Crippen LogP contribution >= 0.6 is 34.0 Å². The van der Waals surface area contributed by atoms with Crippen LogP contribution in [0.15, 0.2) is 127 Å². The lowest BCUT2D eigenvalue weighted by Crippen LogP contribution is -2.18. The molecule has 0 saturated carbocycles. The highest BCUT2D eigenvalue weighted by molar-refractivity contribution is 7.32. The third kappa shape index (κ3) is 5.81. The lowest BCUT2D eigenvalue weighted by atomic mass is 9.82. The van der Waals surface area contributed by atoms with Gasteiger partial charge in [-0.25, -0.2) is 4.79 Å². The summed E-state index contributed by atoms with van der Waals surface area (Å²) >= 11 is 4.76. The van der Waals surface area contributed by atoms with Gasteiger partial charge in [0.05, 0.1) is 14.6 Å². The van der Waals surface area contributed by atoms with E-state index in [1.165, 1.54) is 61.9 Å². The van der Waals surface area contributed by atoms with Gasteiger partial charge in [-0.2, -0.15) is 5.26 Å². The molecule has 2 aliphatic carbocycles. The summed E-state index contributed by atoms with van der Waals surface area (Å²) in [4.78, 5) is 17.6. The minimum atomic E-state index is -1.23. The van der Waals surface area contributed by atoms with Crippen LogP contribution < -0.4 is 14.4 Å². The average Bonchev–Trinajstić information content (AvgIpc) is 4.05. The van der Waals surface area contributed by atoms with Crippen LogP contribution in [-0.4, -0.2) is 24.3 Å². The molecule has 4 heterocycles. The molecular formula is C52H38N2O4S3. The molecule has 0 bridgehead atoms. The quantitative estimate of drug-likeness (QED) is 0.127. The maximum absolute atomic E-state index is 11.4. The Morgan fingerprint density at radius 3 is 1.72 bits per heavy atom. The van der Waals surface area contributed by atoms with Gasteiger partial charge in [0, 0.05) is 42.2 Å². The molecular weight excluding hydrogens is 813 g/mol. The minimum Gasteiger partial charge on any atom is -0.485 e. The van der Waals surface area contributed by atoms with Crippen molar-refractivity contribution in [3.05, 3.63) is 154 Å². The summed E-state index contributed by atoms with van der Waals surface area (Å²) < 4.78 is 14.7. The van der Waals surface area contributed by atoms with Crippen LogP contribution in [0.5, 0.6) is 11.5 Å². The first kappa shape index (κ1) is 37.6. The van der Waals surface area contributed by atoms with Gasteiger partial charge in [0.15, 0.2) is 11.5 Å². The molecule has 0 amide bonds. The third-order valence-corrected chi connectivity index (χ3v) is 16.1. The number of nitriles is 1. The second-order valence-corrected chi connectivity index (χ2v) is 20.0. The highest BCUT2D eigenvalue weighted by Crippen LogP contribution is 2.57. The molecule has 1 N–H and O–H groups in total. The van der Waals surface area contributed by atoms with Gasteiger partial charge in [0.2, 0.25) is 0 Å². The molecule has 11 rings (SSSR count). The molecule has 61 heavy (non-hydrogen) atoms. The molecule has 6 nitrogen and oxygen atoms in total. The Morgan fingerprint density at radius 1 is 0.639 bits per heavy atom. The van der Waals surface area contributed by atoms with E-state index in [9.17, 15) is 15.2 Å². The number of carbonyl (C=O) groups is 1. The Morgan fingerprint density at radius 2 is 1.16 bits per heavy atom. The van der Waals surface area contributed by atoms with Gasteiger partial charge in [-0.15, -0.1) is 34.0 Å². The third-order valence-electron chi connectivity index (χ3n) is 12.5. The number of carboxylic acids is 1. The van der Waals surface area contributed by atoms with Crippen molar-refractivity contribution in [2.24, 2.45) is 0 Å². The normalized spacial score (nSPS) is 15.2. The minimum absolute atomic E-state index is 0.143. The van der Waals surface area contributed by atoms with Gasteiger partial charge in [-0.3, -0.25) is 0 Å². The van der Waals surface area contributed by atoms with Crippen LogP contribution in [0.25, 0.3) is 57.9 Å². The van der Waals surface area contributed by atoms with Crippen molar-refractivity contribution in [3.8, 4) is 60.0 Å². The molecule has 9 heteroatoms. The lowest BCUT2D eigenvalue weighted by molar-refractivity contribution is -0.132. The highest BCUT2D eigenvalue weighted by atomic mass is 32.1. The van der Waals surface area contributed by atoms with E-state index < -0.39 is 5.97 Å². The fourth-order valence-corrected chi connectivity index (χ4v) is 13.1. The van der Waals surface area contributed by atoms with Crippen LogP contribution in [0.4, 0.5) is 17.1 Å². The Hall–Kier alpha value is -6.44. The van der Waals surface area contributed by atoms with E-state index in [0.717, 1.165) is 63.0 Å². The summed E-state index contributed by atoms with van der Waals surface area (Å²) in [6, 6.07) is 46.2. The van der Waals surface area contributed by atoms with Crippen molar-refractivity contribution in [2.45, 2.75) is 38.5 Å². The van der Waals surface area contributed by atoms with Crippen LogP contribution in [0.3, 0.4) is 0 Å². The van der Waals surface area contributed by atoms with E-state index in [0.29, 0.717) is 13.2 Å². The van der Waals surface area contributed by atoms with Gasteiger partial charge >= 0.3 is 5.97 Å². The zero-order valence-electron chi connectivity index (χ0n) is 33.8. The molecule has 0 saturated heterocycles. The number of hydrogen-bond donors (Lipinski definition) is 1. The van der Waals surface area contributed by atoms with Gasteiger partial charge in [0.25, 0.3) is 0 Å². The number of hydrogen-bond acceptors (Lipinski definition) is 8. The number of nitrogens with zero attached hydrogens (tertiary/aromatic N) is 2. The standard InChI is InChI=1S/C52H38N2O4S3/c1-51(2)39-11-7-5-9-35(39)37-19-17-32(24-41(37)51)54(33-18-20-38-36-10-6-8-12-40(36)52(3,4)42(38)25-33)31-15-13-29(14-16-31)48-46-47(58-22-21-57-46)49(61-48)45-27-44-43(60-45)26-34(59-44)23-30(28-53)50(55)56/h5-20,23-27H,21-22H2,1-4H3,(H,55,56)/b30-23+. The Kier molecular flexibility index (Phi) is 8.49. The molecule has 1 aliphatic heterocycles. The first-order chi connectivity index (χ1) is 29.5. The molecule has 3 aromatic heterocycles. The SMILES string of the molecule is CC1(C)c2ccccc2-c2ccc(N(c3ccc(-c4sc(-c5cc6sc(/C=C(\C#N)C(=O)O)cc6s5)c5c4OCCO5)cc3)c3ccc4c(c3)C(C)(C)c3ccccc3-4)cc21. The van der Waals surface area contributed by atoms with Gasteiger partial charge in [-0.1, -0.05) is 100 Å². The number of ether oxygens (including phenoxy) is 2.